The second-order valence-electron chi connectivity index (χ2n) is 10.1. The van der Waals surface area contributed by atoms with Crippen molar-refractivity contribution in [2.24, 2.45) is 16.9 Å². The Labute approximate surface area is 235 Å². The Morgan fingerprint density at radius 2 is 1.28 bits per heavy atom. The van der Waals surface area contributed by atoms with Gasteiger partial charge in [-0.25, -0.2) is 0 Å². The van der Waals surface area contributed by atoms with Crippen LogP contribution in [0.2, 0.25) is 10.0 Å². The average molecular weight is 553 g/mol. The zero-order chi connectivity index (χ0) is 26.7. The molecule has 0 aromatic heterocycles. The lowest BCUT2D eigenvalue weighted by Crippen LogP contribution is -2.41. The van der Waals surface area contributed by atoms with E-state index in [4.69, 9.17) is 27.9 Å². The molecule has 2 amide bonds. The van der Waals surface area contributed by atoms with Gasteiger partial charge in [-0.3, -0.25) is 9.59 Å². The van der Waals surface area contributed by atoms with E-state index < -0.39 is 11.8 Å². The highest BCUT2D eigenvalue weighted by atomic mass is 35.5. The number of benzene rings is 4. The lowest BCUT2D eigenvalue weighted by Gasteiger charge is -2.45. The van der Waals surface area contributed by atoms with Gasteiger partial charge in [0, 0.05) is 33.0 Å². The SMILES string of the molecule is O=C1[C@@H]2C3c4ccccc4C(c4ccccc43)[C@H]2C(=O)N1/N=C\c1ccccc1OCc1ccc(Cl)cc1Cl. The standard InChI is InChI=1S/C32H22Cl2N2O3/c33-20-14-13-19(25(34)15-20)17-39-26-12-6-1-7-18(26)16-35-36-31(37)29-27-21-8-2-3-9-22(21)28(30(29)32(36)38)24-11-5-4-10-23(24)27/h1-16,27-30H,17H2/b35-16-/t27?,28?,29-,30-/m1/s1. The number of hydrogen-bond donors (Lipinski definition) is 0. The Kier molecular flexibility index (Phi) is 5.80. The van der Waals surface area contributed by atoms with Gasteiger partial charge in [0.25, 0.3) is 11.8 Å². The van der Waals surface area contributed by atoms with Crippen LogP contribution in [0.3, 0.4) is 0 Å². The van der Waals surface area contributed by atoms with Gasteiger partial charge in [-0.2, -0.15) is 10.1 Å². The van der Waals surface area contributed by atoms with Crippen molar-refractivity contribution in [3.05, 3.63) is 134 Å². The second-order valence-corrected chi connectivity index (χ2v) is 10.9. The van der Waals surface area contributed by atoms with Crippen LogP contribution in [-0.2, 0) is 16.2 Å². The fourth-order valence-electron chi connectivity index (χ4n) is 6.41. The molecule has 0 N–H and O–H groups in total. The number of nitrogens with zero attached hydrogens (tertiary/aromatic N) is 2. The molecule has 1 fully saturated rings. The van der Waals surface area contributed by atoms with Crippen molar-refractivity contribution >= 4 is 41.2 Å². The molecular formula is C32H22Cl2N2O3. The van der Waals surface area contributed by atoms with Crippen molar-refractivity contribution in [3.8, 4) is 5.75 Å². The van der Waals surface area contributed by atoms with Crippen LogP contribution in [0.25, 0.3) is 0 Å². The van der Waals surface area contributed by atoms with Gasteiger partial charge in [0.05, 0.1) is 18.1 Å². The molecule has 2 atom stereocenters. The monoisotopic (exact) mass is 552 g/mol. The number of hydrazone groups is 1. The highest BCUT2D eigenvalue weighted by Crippen LogP contribution is 2.60. The summed E-state index contributed by atoms with van der Waals surface area (Å²) >= 11 is 12.3. The smallest absolute Gasteiger partial charge is 0.254 e. The van der Waals surface area contributed by atoms with Gasteiger partial charge in [-0.05, 0) is 46.5 Å². The first-order chi connectivity index (χ1) is 19.0. The Bertz CT molecular complexity index is 1570. The summed E-state index contributed by atoms with van der Waals surface area (Å²) < 4.78 is 6.03. The molecule has 0 saturated carbocycles. The average Bonchev–Trinajstić information content (AvgIpc) is 3.21. The van der Waals surface area contributed by atoms with Crippen molar-refractivity contribution in [1.82, 2.24) is 5.01 Å². The zero-order valence-corrected chi connectivity index (χ0v) is 22.1. The quantitative estimate of drug-likeness (QED) is 0.202. The third kappa shape index (κ3) is 3.80. The molecule has 192 valence electrons. The van der Waals surface area contributed by atoms with Gasteiger partial charge in [0.15, 0.2) is 0 Å². The van der Waals surface area contributed by atoms with E-state index in [0.29, 0.717) is 21.4 Å². The number of halogens is 2. The topological polar surface area (TPSA) is 59.0 Å². The highest BCUT2D eigenvalue weighted by Gasteiger charge is 2.61. The van der Waals surface area contributed by atoms with E-state index in [-0.39, 0.29) is 30.3 Å². The maximum absolute atomic E-state index is 13.8. The summed E-state index contributed by atoms with van der Waals surface area (Å²) in [6, 6.07) is 28.9. The van der Waals surface area contributed by atoms with E-state index >= 15 is 0 Å². The molecule has 1 saturated heterocycles. The Morgan fingerprint density at radius 1 is 0.744 bits per heavy atom. The number of carbonyl (C=O) groups excluding carboxylic acids is 2. The predicted octanol–water partition coefficient (Wildman–Crippen LogP) is 6.80. The summed E-state index contributed by atoms with van der Waals surface area (Å²) in [4.78, 5) is 27.6. The van der Waals surface area contributed by atoms with Crippen molar-refractivity contribution in [3.63, 3.8) is 0 Å². The molecule has 4 aromatic rings. The van der Waals surface area contributed by atoms with Gasteiger partial charge < -0.3 is 4.74 Å². The van der Waals surface area contributed by atoms with Crippen LogP contribution in [0, 0.1) is 11.8 Å². The third-order valence-corrected chi connectivity index (χ3v) is 8.64. The summed E-state index contributed by atoms with van der Waals surface area (Å²) in [6.45, 7) is 0.229. The van der Waals surface area contributed by atoms with E-state index in [0.717, 1.165) is 32.8 Å². The minimum absolute atomic E-state index is 0.163. The number of amides is 2. The van der Waals surface area contributed by atoms with Crippen molar-refractivity contribution in [2.75, 3.05) is 0 Å². The predicted molar refractivity (Wildman–Crippen MR) is 150 cm³/mol. The number of rotatable bonds is 5. The third-order valence-electron chi connectivity index (χ3n) is 8.05. The molecule has 39 heavy (non-hydrogen) atoms. The number of para-hydroxylation sites is 1. The normalized spacial score (nSPS) is 22.7. The van der Waals surface area contributed by atoms with Crippen LogP contribution < -0.4 is 4.74 Å². The van der Waals surface area contributed by atoms with Gasteiger partial charge in [-0.1, -0.05) is 89.9 Å². The molecule has 8 rings (SSSR count). The first kappa shape index (κ1) is 24.1. The zero-order valence-electron chi connectivity index (χ0n) is 20.6. The van der Waals surface area contributed by atoms with Crippen LogP contribution in [0.5, 0.6) is 5.75 Å². The summed E-state index contributed by atoms with van der Waals surface area (Å²) in [5.74, 6) is -1.22. The fourth-order valence-corrected chi connectivity index (χ4v) is 6.87. The van der Waals surface area contributed by atoms with Crippen LogP contribution in [0.1, 0.15) is 45.2 Å². The van der Waals surface area contributed by atoms with E-state index in [1.54, 1.807) is 12.1 Å². The first-order valence-electron chi connectivity index (χ1n) is 12.8. The maximum Gasteiger partial charge on any atom is 0.254 e. The number of imide groups is 1. The molecule has 1 aliphatic heterocycles. The molecule has 7 heteroatoms. The fraction of sp³-hybridized carbons (Fsp3) is 0.156. The summed E-state index contributed by atoms with van der Waals surface area (Å²) in [6.07, 6.45) is 1.52. The molecule has 0 radical (unpaired) electrons. The number of hydrogen-bond acceptors (Lipinski definition) is 4. The van der Waals surface area contributed by atoms with Gasteiger partial charge in [0.2, 0.25) is 0 Å². The largest absolute Gasteiger partial charge is 0.488 e. The first-order valence-corrected chi connectivity index (χ1v) is 13.5. The Morgan fingerprint density at radius 3 is 1.85 bits per heavy atom. The molecule has 4 aliphatic rings. The number of ether oxygens (including phenoxy) is 1. The summed E-state index contributed by atoms with van der Waals surface area (Å²) in [7, 11) is 0. The molecular weight excluding hydrogens is 531 g/mol. The lowest BCUT2D eigenvalue weighted by atomic mass is 9.55. The molecule has 4 aromatic carbocycles. The lowest BCUT2D eigenvalue weighted by molar-refractivity contribution is -0.139. The molecule has 1 heterocycles. The van der Waals surface area contributed by atoms with E-state index in [2.05, 4.69) is 29.4 Å². The van der Waals surface area contributed by atoms with Crippen LogP contribution in [0.4, 0.5) is 0 Å². The van der Waals surface area contributed by atoms with E-state index in [1.165, 1.54) is 6.21 Å². The maximum atomic E-state index is 13.8. The van der Waals surface area contributed by atoms with E-state index in [9.17, 15) is 9.59 Å². The molecule has 2 bridgehead atoms. The molecule has 3 aliphatic carbocycles. The van der Waals surface area contributed by atoms with Crippen molar-refractivity contribution < 1.29 is 14.3 Å². The second kappa shape index (κ2) is 9.37. The minimum atomic E-state index is -0.469. The van der Waals surface area contributed by atoms with Crippen molar-refractivity contribution in [2.45, 2.75) is 18.4 Å². The number of carbonyl (C=O) groups is 2. The van der Waals surface area contributed by atoms with Crippen LogP contribution in [-0.4, -0.2) is 23.0 Å². The van der Waals surface area contributed by atoms with Gasteiger partial charge in [-0.15, -0.1) is 0 Å². The highest BCUT2D eigenvalue weighted by molar-refractivity contribution is 6.35. The summed E-state index contributed by atoms with van der Waals surface area (Å²) in [5.41, 5.74) is 5.97. The molecule has 5 nitrogen and oxygen atoms in total. The van der Waals surface area contributed by atoms with E-state index in [1.807, 2.05) is 54.6 Å². The summed E-state index contributed by atoms with van der Waals surface area (Å²) in [5, 5.41) is 6.57. The van der Waals surface area contributed by atoms with Gasteiger partial charge in [0.1, 0.15) is 12.4 Å². The molecule has 0 unspecified atom stereocenters. The van der Waals surface area contributed by atoms with Crippen molar-refractivity contribution in [1.29, 1.82) is 0 Å². The minimum Gasteiger partial charge on any atom is -0.488 e. The van der Waals surface area contributed by atoms with Crippen LogP contribution in [0.15, 0.2) is 96.1 Å². The Balaban J connectivity index is 1.19. The van der Waals surface area contributed by atoms with Crippen LogP contribution >= 0.6 is 23.2 Å². The molecule has 0 spiro atoms. The van der Waals surface area contributed by atoms with Gasteiger partial charge >= 0.3 is 0 Å². The Hall–Kier alpha value is -3.93.